The van der Waals surface area contributed by atoms with Gasteiger partial charge in [0.25, 0.3) is 0 Å². The van der Waals surface area contributed by atoms with E-state index in [1.807, 2.05) is 46.0 Å². The van der Waals surface area contributed by atoms with Crippen LogP contribution < -0.4 is 5.32 Å². The second kappa shape index (κ2) is 7.32. The van der Waals surface area contributed by atoms with Crippen LogP contribution in [0.25, 0.3) is 0 Å². The number of carbonyl (C=O) groups excluding carboxylic acids is 1. The van der Waals surface area contributed by atoms with Crippen molar-refractivity contribution in [2.75, 3.05) is 20.1 Å². The highest BCUT2D eigenvalue weighted by molar-refractivity contribution is 5.67. The highest BCUT2D eigenvalue weighted by atomic mass is 16.6. The number of nitrogens with zero attached hydrogens (tertiary/aromatic N) is 1. The minimum atomic E-state index is -0.472. The standard InChI is InChI=1S/C18H28N2O3/c1-18(2,3)23-17(22)19-10-7-11-20(4)15-12-13-8-5-6-9-14(13)16(15)21/h5-6,8-9,15-16,21H,7,10-12H2,1-4H3,(H,19,22). The molecule has 0 saturated heterocycles. The Balaban J connectivity index is 1.72. The number of hydrogen-bond acceptors (Lipinski definition) is 4. The predicted octanol–water partition coefficient (Wildman–Crippen LogP) is 2.49. The second-order valence-electron chi connectivity index (χ2n) is 7.18. The molecular weight excluding hydrogens is 292 g/mol. The van der Waals surface area contributed by atoms with Crippen LogP contribution in [-0.2, 0) is 11.2 Å². The molecule has 1 aromatic carbocycles. The molecule has 0 fully saturated rings. The third-order valence-corrected chi connectivity index (χ3v) is 4.09. The Morgan fingerprint density at radius 3 is 2.74 bits per heavy atom. The van der Waals surface area contributed by atoms with Crippen molar-refractivity contribution in [3.8, 4) is 0 Å². The van der Waals surface area contributed by atoms with Gasteiger partial charge in [-0.25, -0.2) is 4.79 Å². The number of aliphatic hydroxyl groups excluding tert-OH is 1. The molecule has 5 heteroatoms. The van der Waals surface area contributed by atoms with Crippen LogP contribution in [0.15, 0.2) is 24.3 Å². The summed E-state index contributed by atoms with van der Waals surface area (Å²) >= 11 is 0. The fourth-order valence-corrected chi connectivity index (χ4v) is 2.95. The minimum Gasteiger partial charge on any atom is -0.444 e. The summed E-state index contributed by atoms with van der Waals surface area (Å²) in [6.07, 6.45) is 0.867. The lowest BCUT2D eigenvalue weighted by atomic mass is 10.1. The van der Waals surface area contributed by atoms with Crippen molar-refractivity contribution in [3.05, 3.63) is 35.4 Å². The molecule has 2 unspecified atom stereocenters. The van der Waals surface area contributed by atoms with Gasteiger partial charge < -0.3 is 20.1 Å². The molecule has 1 amide bonds. The maximum Gasteiger partial charge on any atom is 0.407 e. The van der Waals surface area contributed by atoms with Gasteiger partial charge in [0.1, 0.15) is 5.60 Å². The van der Waals surface area contributed by atoms with E-state index in [2.05, 4.69) is 16.3 Å². The average molecular weight is 320 g/mol. The molecule has 0 aromatic heterocycles. The van der Waals surface area contributed by atoms with Crippen LogP contribution >= 0.6 is 0 Å². The third-order valence-electron chi connectivity index (χ3n) is 4.09. The maximum absolute atomic E-state index is 11.6. The Bertz CT molecular complexity index is 539. The predicted molar refractivity (Wildman–Crippen MR) is 90.4 cm³/mol. The molecule has 0 bridgehead atoms. The normalized spacial score (nSPS) is 20.4. The van der Waals surface area contributed by atoms with Gasteiger partial charge >= 0.3 is 6.09 Å². The fraction of sp³-hybridized carbons (Fsp3) is 0.611. The van der Waals surface area contributed by atoms with E-state index < -0.39 is 11.7 Å². The molecule has 2 N–H and O–H groups in total. The summed E-state index contributed by atoms with van der Waals surface area (Å²) in [5.74, 6) is 0. The van der Waals surface area contributed by atoms with Crippen LogP contribution in [0.5, 0.6) is 0 Å². The van der Waals surface area contributed by atoms with Crippen LogP contribution in [-0.4, -0.2) is 47.9 Å². The largest absolute Gasteiger partial charge is 0.444 e. The van der Waals surface area contributed by atoms with E-state index in [-0.39, 0.29) is 12.1 Å². The number of likely N-dealkylation sites (N-methyl/N-ethyl adjacent to an activating group) is 1. The van der Waals surface area contributed by atoms with E-state index in [1.54, 1.807) is 0 Å². The molecule has 0 saturated carbocycles. The Labute approximate surface area is 138 Å². The van der Waals surface area contributed by atoms with E-state index in [4.69, 9.17) is 4.74 Å². The van der Waals surface area contributed by atoms with Crippen LogP contribution in [0, 0.1) is 0 Å². The average Bonchev–Trinajstić information content (AvgIpc) is 2.79. The van der Waals surface area contributed by atoms with Crippen molar-refractivity contribution in [3.63, 3.8) is 0 Å². The molecule has 0 aliphatic heterocycles. The van der Waals surface area contributed by atoms with Gasteiger partial charge in [-0.15, -0.1) is 0 Å². The number of benzene rings is 1. The number of alkyl carbamates (subject to hydrolysis) is 1. The first-order valence-electron chi connectivity index (χ1n) is 8.21. The van der Waals surface area contributed by atoms with E-state index in [0.29, 0.717) is 6.54 Å². The van der Waals surface area contributed by atoms with Gasteiger partial charge in [-0.3, -0.25) is 0 Å². The number of hydrogen-bond donors (Lipinski definition) is 2. The Morgan fingerprint density at radius 2 is 2.09 bits per heavy atom. The Morgan fingerprint density at radius 1 is 1.39 bits per heavy atom. The Kier molecular flexibility index (Phi) is 5.65. The summed E-state index contributed by atoms with van der Waals surface area (Å²) in [5.41, 5.74) is 1.79. The topological polar surface area (TPSA) is 61.8 Å². The zero-order valence-electron chi connectivity index (χ0n) is 14.5. The first-order valence-corrected chi connectivity index (χ1v) is 8.21. The Hall–Kier alpha value is -1.59. The molecule has 0 heterocycles. The number of ether oxygens (including phenoxy) is 1. The molecule has 0 radical (unpaired) electrons. The highest BCUT2D eigenvalue weighted by Crippen LogP contribution is 2.33. The van der Waals surface area contributed by atoms with Gasteiger partial charge in [-0.05, 0) is 58.3 Å². The van der Waals surface area contributed by atoms with Crippen LogP contribution in [0.2, 0.25) is 0 Å². The lowest BCUT2D eigenvalue weighted by Crippen LogP contribution is -2.38. The van der Waals surface area contributed by atoms with Gasteiger partial charge in [0.15, 0.2) is 0 Å². The lowest BCUT2D eigenvalue weighted by Gasteiger charge is -2.27. The van der Waals surface area contributed by atoms with E-state index >= 15 is 0 Å². The van der Waals surface area contributed by atoms with Gasteiger partial charge in [0.2, 0.25) is 0 Å². The second-order valence-corrected chi connectivity index (χ2v) is 7.18. The molecule has 1 aromatic rings. The summed E-state index contributed by atoms with van der Waals surface area (Å²) in [4.78, 5) is 13.7. The molecule has 128 valence electrons. The highest BCUT2D eigenvalue weighted by Gasteiger charge is 2.32. The molecule has 5 nitrogen and oxygen atoms in total. The molecule has 2 atom stereocenters. The smallest absolute Gasteiger partial charge is 0.407 e. The summed E-state index contributed by atoms with van der Waals surface area (Å²) in [5, 5.41) is 13.2. The monoisotopic (exact) mass is 320 g/mol. The van der Waals surface area contributed by atoms with Crippen molar-refractivity contribution >= 4 is 6.09 Å². The number of nitrogens with one attached hydrogen (secondary N) is 1. The van der Waals surface area contributed by atoms with Gasteiger partial charge in [-0.1, -0.05) is 24.3 Å². The maximum atomic E-state index is 11.6. The lowest BCUT2D eigenvalue weighted by molar-refractivity contribution is 0.0517. The first-order chi connectivity index (χ1) is 10.8. The summed E-state index contributed by atoms with van der Waals surface area (Å²) in [6, 6.07) is 8.16. The fourth-order valence-electron chi connectivity index (χ4n) is 2.95. The number of aliphatic hydroxyl groups is 1. The molecule has 23 heavy (non-hydrogen) atoms. The van der Waals surface area contributed by atoms with Crippen molar-refractivity contribution in [2.24, 2.45) is 0 Å². The first kappa shape index (κ1) is 17.8. The van der Waals surface area contributed by atoms with E-state index in [0.717, 1.165) is 24.9 Å². The van der Waals surface area contributed by atoms with Gasteiger partial charge in [0.05, 0.1) is 6.10 Å². The number of fused-ring (bicyclic) bond motifs is 1. The zero-order chi connectivity index (χ0) is 17.0. The number of amides is 1. The summed E-state index contributed by atoms with van der Waals surface area (Å²) in [6.45, 7) is 6.92. The van der Waals surface area contributed by atoms with Crippen molar-refractivity contribution < 1.29 is 14.6 Å². The summed E-state index contributed by atoms with van der Waals surface area (Å²) < 4.78 is 5.20. The van der Waals surface area contributed by atoms with Crippen molar-refractivity contribution in [1.82, 2.24) is 10.2 Å². The van der Waals surface area contributed by atoms with Gasteiger partial charge in [-0.2, -0.15) is 0 Å². The molecule has 0 spiro atoms. The molecule has 1 aliphatic carbocycles. The quantitative estimate of drug-likeness (QED) is 0.818. The number of rotatable bonds is 5. The molecule has 2 rings (SSSR count). The molecular formula is C18H28N2O3. The number of carbonyl (C=O) groups is 1. The van der Waals surface area contributed by atoms with Crippen molar-refractivity contribution in [2.45, 2.75) is 51.4 Å². The molecule has 1 aliphatic rings. The van der Waals surface area contributed by atoms with E-state index in [1.165, 1.54) is 5.56 Å². The van der Waals surface area contributed by atoms with Crippen LogP contribution in [0.3, 0.4) is 0 Å². The van der Waals surface area contributed by atoms with Gasteiger partial charge in [0, 0.05) is 12.6 Å². The van der Waals surface area contributed by atoms with Crippen LogP contribution in [0.1, 0.15) is 44.4 Å². The zero-order valence-corrected chi connectivity index (χ0v) is 14.5. The van der Waals surface area contributed by atoms with Crippen LogP contribution in [0.4, 0.5) is 4.79 Å². The third kappa shape index (κ3) is 4.94. The summed E-state index contributed by atoms with van der Waals surface area (Å²) in [7, 11) is 2.02. The minimum absolute atomic E-state index is 0.105. The van der Waals surface area contributed by atoms with Crippen molar-refractivity contribution in [1.29, 1.82) is 0 Å². The van der Waals surface area contributed by atoms with E-state index in [9.17, 15) is 9.90 Å². The SMILES string of the molecule is CN(CCCNC(=O)OC(C)(C)C)C1Cc2ccccc2C1O.